The summed E-state index contributed by atoms with van der Waals surface area (Å²) in [5, 5.41) is 2.88. The molecule has 0 saturated heterocycles. The van der Waals surface area contributed by atoms with E-state index in [4.69, 9.17) is 9.47 Å². The van der Waals surface area contributed by atoms with E-state index in [2.05, 4.69) is 5.32 Å². The van der Waals surface area contributed by atoms with Gasteiger partial charge in [-0.15, -0.1) is 0 Å². The number of hydrogen-bond acceptors (Lipinski definition) is 3. The van der Waals surface area contributed by atoms with E-state index in [0.717, 1.165) is 22.7 Å². The Hall–Kier alpha value is -2.69. The number of carbonyl (C=O) groups is 1. The van der Waals surface area contributed by atoms with E-state index in [1.807, 2.05) is 62.4 Å². The number of nitrogens with zero attached hydrogens (tertiary/aromatic N) is 1. The van der Waals surface area contributed by atoms with Gasteiger partial charge in [0.25, 0.3) is 0 Å². The van der Waals surface area contributed by atoms with Gasteiger partial charge < -0.3 is 14.8 Å². The van der Waals surface area contributed by atoms with Crippen LogP contribution in [0.5, 0.6) is 11.5 Å². The molecule has 0 fully saturated rings. The number of aryl methyl sites for hydroxylation is 1. The smallest absolute Gasteiger partial charge is 0.321 e. The summed E-state index contributed by atoms with van der Waals surface area (Å²) >= 11 is 0. The van der Waals surface area contributed by atoms with Crippen molar-refractivity contribution in [2.75, 3.05) is 31.7 Å². The third-order valence-electron chi connectivity index (χ3n) is 3.56. The van der Waals surface area contributed by atoms with Gasteiger partial charge in [0, 0.05) is 18.3 Å². The maximum Gasteiger partial charge on any atom is 0.321 e. The second-order valence-corrected chi connectivity index (χ2v) is 5.34. The molecule has 2 rings (SSSR count). The molecular formula is C19H24N2O3. The lowest BCUT2D eigenvalue weighted by atomic mass is 10.2. The largest absolute Gasteiger partial charge is 0.497 e. The van der Waals surface area contributed by atoms with Crippen molar-refractivity contribution in [1.29, 1.82) is 0 Å². The zero-order valence-corrected chi connectivity index (χ0v) is 14.4. The molecule has 0 spiro atoms. The van der Waals surface area contributed by atoms with Gasteiger partial charge >= 0.3 is 6.03 Å². The highest BCUT2D eigenvalue weighted by atomic mass is 16.5. The Morgan fingerprint density at radius 3 is 2.58 bits per heavy atom. The Morgan fingerprint density at radius 1 is 1.12 bits per heavy atom. The topological polar surface area (TPSA) is 50.8 Å². The number of ether oxygens (including phenoxy) is 2. The molecule has 24 heavy (non-hydrogen) atoms. The quantitative estimate of drug-likeness (QED) is 0.790. The molecular weight excluding hydrogens is 304 g/mol. The lowest BCUT2D eigenvalue weighted by Gasteiger charge is -2.22. The van der Waals surface area contributed by atoms with E-state index in [9.17, 15) is 4.79 Å². The predicted octanol–water partition coefficient (Wildman–Crippen LogP) is 3.62. The van der Waals surface area contributed by atoms with Crippen LogP contribution in [0.1, 0.15) is 12.5 Å². The lowest BCUT2D eigenvalue weighted by molar-refractivity contribution is 0.242. The van der Waals surface area contributed by atoms with Gasteiger partial charge in [0.05, 0.1) is 13.7 Å². The van der Waals surface area contributed by atoms with Crippen LogP contribution >= 0.6 is 0 Å². The predicted molar refractivity (Wildman–Crippen MR) is 96.1 cm³/mol. The summed E-state index contributed by atoms with van der Waals surface area (Å²) < 4.78 is 10.8. The number of amides is 2. The van der Waals surface area contributed by atoms with Crippen LogP contribution in [-0.2, 0) is 0 Å². The molecule has 0 aromatic heterocycles. The Morgan fingerprint density at radius 2 is 1.88 bits per heavy atom. The zero-order valence-electron chi connectivity index (χ0n) is 14.4. The Kier molecular flexibility index (Phi) is 6.49. The van der Waals surface area contributed by atoms with Gasteiger partial charge in [-0.3, -0.25) is 4.90 Å². The molecule has 2 amide bonds. The normalized spacial score (nSPS) is 10.1. The SMILES string of the molecule is CCN(C(=O)NCCOc1cccc(OC)c1)c1cccc(C)c1. The van der Waals surface area contributed by atoms with Crippen molar-refractivity contribution in [2.24, 2.45) is 0 Å². The van der Waals surface area contributed by atoms with Gasteiger partial charge in [-0.05, 0) is 43.7 Å². The van der Waals surface area contributed by atoms with Crippen LogP contribution in [0.3, 0.4) is 0 Å². The van der Waals surface area contributed by atoms with Gasteiger partial charge in [-0.1, -0.05) is 18.2 Å². The molecule has 2 aromatic carbocycles. The zero-order chi connectivity index (χ0) is 17.4. The van der Waals surface area contributed by atoms with Crippen LogP contribution < -0.4 is 19.7 Å². The first-order valence-corrected chi connectivity index (χ1v) is 8.03. The molecule has 0 aliphatic rings. The summed E-state index contributed by atoms with van der Waals surface area (Å²) in [5.74, 6) is 1.46. The van der Waals surface area contributed by atoms with E-state index in [0.29, 0.717) is 19.7 Å². The number of hydrogen-bond donors (Lipinski definition) is 1. The minimum Gasteiger partial charge on any atom is -0.497 e. The molecule has 0 atom stereocenters. The summed E-state index contributed by atoms with van der Waals surface area (Å²) in [6.07, 6.45) is 0. The summed E-state index contributed by atoms with van der Waals surface area (Å²) in [6, 6.07) is 15.2. The van der Waals surface area contributed by atoms with Crippen LogP contribution in [0.2, 0.25) is 0 Å². The first-order valence-electron chi connectivity index (χ1n) is 8.03. The van der Waals surface area contributed by atoms with E-state index < -0.39 is 0 Å². The van der Waals surface area contributed by atoms with Crippen LogP contribution in [0, 0.1) is 6.92 Å². The summed E-state index contributed by atoms with van der Waals surface area (Å²) in [4.78, 5) is 14.0. The van der Waals surface area contributed by atoms with Crippen molar-refractivity contribution in [1.82, 2.24) is 5.32 Å². The van der Waals surface area contributed by atoms with Crippen molar-refractivity contribution < 1.29 is 14.3 Å². The van der Waals surface area contributed by atoms with Gasteiger partial charge in [0.15, 0.2) is 0 Å². The second-order valence-electron chi connectivity index (χ2n) is 5.34. The van der Waals surface area contributed by atoms with E-state index in [-0.39, 0.29) is 6.03 Å². The third kappa shape index (κ3) is 4.91. The number of urea groups is 1. The van der Waals surface area contributed by atoms with Gasteiger partial charge in [-0.25, -0.2) is 4.79 Å². The monoisotopic (exact) mass is 328 g/mol. The number of anilines is 1. The molecule has 0 aliphatic carbocycles. The molecule has 0 heterocycles. The van der Waals surface area contributed by atoms with Crippen molar-refractivity contribution in [3.05, 3.63) is 54.1 Å². The number of nitrogens with one attached hydrogen (secondary N) is 1. The van der Waals surface area contributed by atoms with E-state index in [1.54, 1.807) is 12.0 Å². The Balaban J connectivity index is 1.83. The fraction of sp³-hybridized carbons (Fsp3) is 0.316. The molecule has 0 aliphatic heterocycles. The van der Waals surface area contributed by atoms with Crippen molar-refractivity contribution in [3.63, 3.8) is 0 Å². The van der Waals surface area contributed by atoms with Crippen LogP contribution in [0.25, 0.3) is 0 Å². The van der Waals surface area contributed by atoms with Crippen molar-refractivity contribution >= 4 is 11.7 Å². The van der Waals surface area contributed by atoms with E-state index in [1.165, 1.54) is 0 Å². The van der Waals surface area contributed by atoms with Crippen molar-refractivity contribution in [2.45, 2.75) is 13.8 Å². The minimum atomic E-state index is -0.127. The average molecular weight is 328 g/mol. The summed E-state index contributed by atoms with van der Waals surface area (Å²) in [7, 11) is 1.62. The van der Waals surface area contributed by atoms with E-state index >= 15 is 0 Å². The number of carbonyl (C=O) groups excluding carboxylic acids is 1. The maximum absolute atomic E-state index is 12.3. The molecule has 5 heteroatoms. The molecule has 5 nitrogen and oxygen atoms in total. The average Bonchev–Trinajstić information content (AvgIpc) is 2.60. The van der Waals surface area contributed by atoms with Crippen LogP contribution in [0.4, 0.5) is 10.5 Å². The number of rotatable bonds is 7. The molecule has 1 N–H and O–H groups in total. The number of methoxy groups -OCH3 is 1. The fourth-order valence-electron chi connectivity index (χ4n) is 2.35. The van der Waals surface area contributed by atoms with Crippen LogP contribution in [0.15, 0.2) is 48.5 Å². The highest BCUT2D eigenvalue weighted by Gasteiger charge is 2.13. The summed E-state index contributed by atoms with van der Waals surface area (Å²) in [6.45, 7) is 5.39. The Labute approximate surface area is 143 Å². The second kappa shape index (κ2) is 8.82. The lowest BCUT2D eigenvalue weighted by Crippen LogP contribution is -2.41. The molecule has 0 bridgehead atoms. The summed E-state index contributed by atoms with van der Waals surface area (Å²) in [5.41, 5.74) is 2.02. The first kappa shape index (κ1) is 17.7. The minimum absolute atomic E-state index is 0.127. The Bertz CT molecular complexity index is 673. The fourth-order valence-corrected chi connectivity index (χ4v) is 2.35. The maximum atomic E-state index is 12.3. The standard InChI is InChI=1S/C19H24N2O3/c1-4-21(16-8-5-7-15(2)13-16)19(22)20-11-12-24-18-10-6-9-17(14-18)23-3/h5-10,13-14H,4,11-12H2,1-3H3,(H,20,22). The van der Waals surface area contributed by atoms with Gasteiger partial charge in [-0.2, -0.15) is 0 Å². The van der Waals surface area contributed by atoms with Gasteiger partial charge in [0.2, 0.25) is 0 Å². The molecule has 0 saturated carbocycles. The molecule has 0 radical (unpaired) electrons. The molecule has 0 unspecified atom stereocenters. The number of benzene rings is 2. The molecule has 2 aromatic rings. The molecule has 128 valence electrons. The highest BCUT2D eigenvalue weighted by Crippen LogP contribution is 2.18. The van der Waals surface area contributed by atoms with Gasteiger partial charge in [0.1, 0.15) is 18.1 Å². The van der Waals surface area contributed by atoms with Crippen LogP contribution in [-0.4, -0.2) is 32.8 Å². The highest BCUT2D eigenvalue weighted by molar-refractivity contribution is 5.91. The third-order valence-corrected chi connectivity index (χ3v) is 3.56. The first-order chi connectivity index (χ1) is 11.6. The van der Waals surface area contributed by atoms with Crippen molar-refractivity contribution in [3.8, 4) is 11.5 Å².